The molecule has 2 rings (SSSR count). The molecule has 1 saturated heterocycles. The molecule has 7 nitrogen and oxygen atoms in total. The predicted molar refractivity (Wildman–Crippen MR) is 103 cm³/mol. The summed E-state index contributed by atoms with van der Waals surface area (Å²) in [4.78, 5) is 8.38. The van der Waals surface area contributed by atoms with Gasteiger partial charge in [-0.25, -0.2) is 8.42 Å². The minimum Gasteiger partial charge on any atom is -0.379 e. The van der Waals surface area contributed by atoms with E-state index in [1.54, 1.807) is 11.3 Å². The van der Waals surface area contributed by atoms with Gasteiger partial charge in [-0.1, -0.05) is 6.07 Å². The van der Waals surface area contributed by atoms with E-state index in [1.165, 1.54) is 11.1 Å². The van der Waals surface area contributed by atoms with Gasteiger partial charge in [0.1, 0.15) is 9.84 Å². The first kappa shape index (κ1) is 20.2. The van der Waals surface area contributed by atoms with Crippen LogP contribution in [0.15, 0.2) is 22.5 Å². The van der Waals surface area contributed by atoms with Crippen LogP contribution in [0.2, 0.25) is 0 Å². The number of thiophene rings is 1. The Morgan fingerprint density at radius 3 is 2.76 bits per heavy atom. The summed E-state index contributed by atoms with van der Waals surface area (Å²) in [5, 5.41) is 8.36. The van der Waals surface area contributed by atoms with Gasteiger partial charge in [-0.05, 0) is 18.4 Å². The second kappa shape index (κ2) is 10.1. The van der Waals surface area contributed by atoms with Crippen molar-refractivity contribution >= 4 is 27.1 Å². The summed E-state index contributed by atoms with van der Waals surface area (Å²) in [6.45, 7) is 6.99. The molecular weight excluding hydrogens is 360 g/mol. The Hall–Kier alpha value is -1.16. The smallest absolute Gasteiger partial charge is 0.191 e. The van der Waals surface area contributed by atoms with E-state index in [0.29, 0.717) is 19.0 Å². The second-order valence-electron chi connectivity index (χ2n) is 5.96. The summed E-state index contributed by atoms with van der Waals surface area (Å²) in [5.41, 5.74) is 0. The maximum Gasteiger partial charge on any atom is 0.191 e. The minimum absolute atomic E-state index is 0.0925. The van der Waals surface area contributed by atoms with Crippen LogP contribution in [0.25, 0.3) is 0 Å². The number of nitrogens with one attached hydrogen (secondary N) is 2. The molecule has 25 heavy (non-hydrogen) atoms. The van der Waals surface area contributed by atoms with Crippen molar-refractivity contribution in [2.45, 2.75) is 13.0 Å². The Balaban J connectivity index is 2.02. The standard InChI is InChI=1S/C16H28N4O3S2/c1-3-17-16(18-6-12-25(2,21)22)19-13-14(15-5-4-11-24-15)20-7-9-23-10-8-20/h4-5,11,14H,3,6-10,12-13H2,1-2H3,(H2,17,18,19). The summed E-state index contributed by atoms with van der Waals surface area (Å²) in [5.74, 6) is 0.746. The zero-order valence-corrected chi connectivity index (χ0v) is 16.5. The first-order valence-electron chi connectivity index (χ1n) is 8.54. The molecule has 0 aromatic carbocycles. The normalized spacial score (nSPS) is 18.1. The van der Waals surface area contributed by atoms with Crippen LogP contribution >= 0.6 is 11.3 Å². The largest absolute Gasteiger partial charge is 0.379 e. The van der Waals surface area contributed by atoms with E-state index in [4.69, 9.17) is 4.74 Å². The van der Waals surface area contributed by atoms with Gasteiger partial charge >= 0.3 is 0 Å². The zero-order chi connectivity index (χ0) is 18.1. The lowest BCUT2D eigenvalue weighted by atomic mass is 10.2. The highest BCUT2D eigenvalue weighted by Crippen LogP contribution is 2.26. The number of rotatable bonds is 8. The molecule has 142 valence electrons. The monoisotopic (exact) mass is 388 g/mol. The lowest BCUT2D eigenvalue weighted by Crippen LogP contribution is -2.42. The molecule has 1 unspecified atom stereocenters. The van der Waals surface area contributed by atoms with Crippen LogP contribution in [0.1, 0.15) is 17.8 Å². The number of hydrogen-bond donors (Lipinski definition) is 2. The van der Waals surface area contributed by atoms with Crippen molar-refractivity contribution in [1.29, 1.82) is 0 Å². The first-order valence-corrected chi connectivity index (χ1v) is 11.5. The van der Waals surface area contributed by atoms with Crippen LogP contribution in [-0.4, -0.2) is 77.2 Å². The number of guanidine groups is 1. The van der Waals surface area contributed by atoms with Crippen LogP contribution < -0.4 is 10.6 Å². The van der Waals surface area contributed by atoms with Crippen LogP contribution in [0.3, 0.4) is 0 Å². The van der Waals surface area contributed by atoms with Crippen molar-refractivity contribution < 1.29 is 13.2 Å². The summed E-state index contributed by atoms with van der Waals surface area (Å²) >= 11 is 1.74. The fraction of sp³-hybridized carbons (Fsp3) is 0.688. The highest BCUT2D eigenvalue weighted by molar-refractivity contribution is 7.90. The number of hydrogen-bond acceptors (Lipinski definition) is 6. The minimum atomic E-state index is -2.98. The summed E-state index contributed by atoms with van der Waals surface area (Å²) in [6, 6.07) is 4.42. The molecular formula is C16H28N4O3S2. The van der Waals surface area contributed by atoms with E-state index in [1.807, 2.05) is 6.92 Å². The van der Waals surface area contributed by atoms with E-state index in [0.717, 1.165) is 32.8 Å². The van der Waals surface area contributed by atoms with Crippen LogP contribution in [0.4, 0.5) is 0 Å². The average Bonchev–Trinajstić information content (AvgIpc) is 3.09. The van der Waals surface area contributed by atoms with Gasteiger partial charge in [0.15, 0.2) is 5.96 Å². The maximum atomic E-state index is 11.3. The Morgan fingerprint density at radius 2 is 2.16 bits per heavy atom. The molecule has 2 heterocycles. The molecule has 0 spiro atoms. The molecule has 1 aliphatic rings. The van der Waals surface area contributed by atoms with Gasteiger partial charge in [0.25, 0.3) is 0 Å². The lowest BCUT2D eigenvalue weighted by Gasteiger charge is -2.33. The molecule has 0 saturated carbocycles. The van der Waals surface area contributed by atoms with Crippen LogP contribution in [-0.2, 0) is 14.6 Å². The molecule has 1 atom stereocenters. The summed E-state index contributed by atoms with van der Waals surface area (Å²) < 4.78 is 28.0. The van der Waals surface area contributed by atoms with Crippen LogP contribution in [0, 0.1) is 0 Å². The van der Waals surface area contributed by atoms with Crippen molar-refractivity contribution in [3.63, 3.8) is 0 Å². The van der Waals surface area contributed by atoms with Crippen molar-refractivity contribution in [3.05, 3.63) is 22.4 Å². The molecule has 1 aromatic heterocycles. The van der Waals surface area contributed by atoms with E-state index in [9.17, 15) is 8.42 Å². The van der Waals surface area contributed by atoms with Crippen molar-refractivity contribution in [2.24, 2.45) is 4.99 Å². The van der Waals surface area contributed by atoms with E-state index in [2.05, 4.69) is 38.0 Å². The van der Waals surface area contributed by atoms with Gasteiger partial charge < -0.3 is 15.4 Å². The number of ether oxygens (including phenoxy) is 1. The molecule has 2 N–H and O–H groups in total. The average molecular weight is 389 g/mol. The maximum absolute atomic E-state index is 11.3. The van der Waals surface area contributed by atoms with Gasteiger partial charge in [0, 0.05) is 37.3 Å². The number of aliphatic imine (C=N–C) groups is 1. The fourth-order valence-corrected chi connectivity index (χ4v) is 3.95. The zero-order valence-electron chi connectivity index (χ0n) is 14.9. The van der Waals surface area contributed by atoms with Gasteiger partial charge in [-0.3, -0.25) is 9.89 Å². The van der Waals surface area contributed by atoms with Gasteiger partial charge in [0.2, 0.25) is 0 Å². The molecule has 1 aliphatic heterocycles. The van der Waals surface area contributed by atoms with Crippen molar-refractivity contribution in [3.8, 4) is 0 Å². The number of sulfone groups is 1. The Bertz CT molecular complexity index is 626. The van der Waals surface area contributed by atoms with E-state index >= 15 is 0 Å². The molecule has 9 heteroatoms. The molecule has 1 aromatic rings. The third-order valence-corrected chi connectivity index (χ3v) is 5.81. The van der Waals surface area contributed by atoms with E-state index in [-0.39, 0.29) is 11.8 Å². The van der Waals surface area contributed by atoms with Crippen molar-refractivity contribution in [1.82, 2.24) is 15.5 Å². The second-order valence-corrected chi connectivity index (χ2v) is 9.19. The quantitative estimate of drug-likeness (QED) is 0.504. The van der Waals surface area contributed by atoms with Crippen LogP contribution in [0.5, 0.6) is 0 Å². The Morgan fingerprint density at radius 1 is 1.40 bits per heavy atom. The lowest BCUT2D eigenvalue weighted by molar-refractivity contribution is 0.0186. The molecule has 0 radical (unpaired) electrons. The number of morpholine rings is 1. The van der Waals surface area contributed by atoms with E-state index < -0.39 is 9.84 Å². The van der Waals surface area contributed by atoms with Gasteiger partial charge in [-0.15, -0.1) is 11.3 Å². The topological polar surface area (TPSA) is 83.0 Å². The SMILES string of the molecule is CCNC(=NCC(c1cccs1)N1CCOCC1)NCCS(C)(=O)=O. The Labute approximate surface area is 154 Å². The van der Waals surface area contributed by atoms with Gasteiger partial charge in [-0.2, -0.15) is 0 Å². The summed E-state index contributed by atoms with van der Waals surface area (Å²) in [6.07, 6.45) is 1.24. The van der Waals surface area contributed by atoms with Crippen molar-refractivity contribution in [2.75, 3.05) is 57.9 Å². The number of nitrogens with zero attached hydrogens (tertiary/aromatic N) is 2. The highest BCUT2D eigenvalue weighted by atomic mass is 32.2. The molecule has 1 fully saturated rings. The fourth-order valence-electron chi connectivity index (χ4n) is 2.63. The first-order chi connectivity index (χ1) is 12.0. The summed E-state index contributed by atoms with van der Waals surface area (Å²) in [7, 11) is -2.98. The van der Waals surface area contributed by atoms with Gasteiger partial charge in [0.05, 0.1) is 31.6 Å². The Kier molecular flexibility index (Phi) is 8.14. The predicted octanol–water partition coefficient (Wildman–Crippen LogP) is 0.721. The molecule has 0 bridgehead atoms. The molecule has 0 aliphatic carbocycles. The highest BCUT2D eigenvalue weighted by Gasteiger charge is 2.23. The third kappa shape index (κ3) is 7.31. The molecule has 0 amide bonds. The third-order valence-electron chi connectivity index (χ3n) is 3.89.